The molecule has 2 aromatic heterocycles. The van der Waals surface area contributed by atoms with Crippen LogP contribution in [0, 0.1) is 21.4 Å². The number of carbonyl (C=O) groups is 3. The van der Waals surface area contributed by atoms with Crippen molar-refractivity contribution in [2.45, 2.75) is 12.8 Å². The fraction of sp³-hybridized carbons (Fsp3) is 0.143. The van der Waals surface area contributed by atoms with Crippen molar-refractivity contribution in [3.63, 3.8) is 0 Å². The van der Waals surface area contributed by atoms with Gasteiger partial charge in [0, 0.05) is 25.2 Å². The maximum absolute atomic E-state index is 12.6. The third-order valence-corrected chi connectivity index (χ3v) is 4.97. The number of pyridine rings is 1. The van der Waals surface area contributed by atoms with Gasteiger partial charge in [-0.2, -0.15) is 15.0 Å². The Morgan fingerprint density at radius 3 is 2.70 bits per heavy atom. The lowest BCUT2D eigenvalue weighted by Crippen LogP contribution is -2.31. The molecule has 0 aliphatic carbocycles. The maximum Gasteiger partial charge on any atom is 0.282 e. The molecule has 0 unspecified atom stereocenters. The lowest BCUT2D eigenvalue weighted by molar-refractivity contribution is -0.385. The van der Waals surface area contributed by atoms with E-state index in [-0.39, 0.29) is 41.9 Å². The van der Waals surface area contributed by atoms with Crippen LogP contribution >= 0.6 is 0 Å². The molecule has 1 aromatic carbocycles. The predicted octanol–water partition coefficient (Wildman–Crippen LogP) is 2.06. The molecule has 1 N–H and O–H groups in total. The molecule has 12 nitrogen and oxygen atoms in total. The number of carbonyl (C=O) groups excluding carboxylic acids is 3. The summed E-state index contributed by atoms with van der Waals surface area (Å²) < 4.78 is 1.32. The largest absolute Gasteiger partial charge is 0.309 e. The summed E-state index contributed by atoms with van der Waals surface area (Å²) >= 11 is 0. The van der Waals surface area contributed by atoms with Gasteiger partial charge in [-0.1, -0.05) is 12.1 Å². The Balaban J connectivity index is 1.42. The van der Waals surface area contributed by atoms with Crippen molar-refractivity contribution in [1.82, 2.24) is 19.7 Å². The molecular weight excluding hydrogens is 430 g/mol. The molecule has 0 saturated carbocycles. The van der Waals surface area contributed by atoms with E-state index in [0.29, 0.717) is 5.82 Å². The van der Waals surface area contributed by atoms with E-state index in [9.17, 15) is 29.8 Å². The van der Waals surface area contributed by atoms with E-state index in [1.165, 1.54) is 29.1 Å². The highest BCUT2D eigenvalue weighted by Gasteiger charge is 2.40. The number of nitro groups is 1. The molecule has 3 amide bonds. The molecule has 0 fully saturated rings. The van der Waals surface area contributed by atoms with Gasteiger partial charge in [-0.3, -0.25) is 29.4 Å². The van der Waals surface area contributed by atoms with E-state index in [4.69, 9.17) is 0 Å². The highest BCUT2D eigenvalue weighted by atomic mass is 16.6. The number of nitro benzene ring substituents is 1. The number of aromatic nitrogens is 3. The molecule has 0 spiro atoms. The molecule has 0 saturated heterocycles. The quantitative estimate of drug-likeness (QED) is 0.328. The Morgan fingerprint density at radius 1 is 1.18 bits per heavy atom. The molecule has 3 heterocycles. The van der Waals surface area contributed by atoms with Gasteiger partial charge in [0.15, 0.2) is 11.6 Å². The average Bonchev–Trinajstić information content (AvgIpc) is 3.33. The second-order valence-corrected chi connectivity index (χ2v) is 6.99. The zero-order chi connectivity index (χ0) is 23.5. The van der Waals surface area contributed by atoms with Gasteiger partial charge in [0.25, 0.3) is 17.5 Å². The lowest BCUT2D eigenvalue weighted by Gasteiger charge is -2.13. The number of hydrogen-bond donors (Lipinski definition) is 1. The maximum atomic E-state index is 12.6. The number of nitrogens with one attached hydrogen (secondary N) is 1. The van der Waals surface area contributed by atoms with Gasteiger partial charge in [0.1, 0.15) is 17.2 Å². The van der Waals surface area contributed by atoms with Crippen molar-refractivity contribution in [3.8, 4) is 11.9 Å². The van der Waals surface area contributed by atoms with E-state index in [1.54, 1.807) is 24.4 Å². The normalized spacial score (nSPS) is 12.4. The van der Waals surface area contributed by atoms with Crippen molar-refractivity contribution in [2.75, 3.05) is 11.9 Å². The zero-order valence-electron chi connectivity index (χ0n) is 17.0. The Morgan fingerprint density at radius 2 is 2.00 bits per heavy atom. The molecule has 1 aliphatic heterocycles. The zero-order valence-corrected chi connectivity index (χ0v) is 17.0. The van der Waals surface area contributed by atoms with Crippen LogP contribution in [-0.4, -0.2) is 48.9 Å². The summed E-state index contributed by atoms with van der Waals surface area (Å²) in [6, 6.07) is 10.9. The first kappa shape index (κ1) is 21.3. The number of hydrogen-bond acceptors (Lipinski definition) is 8. The van der Waals surface area contributed by atoms with Crippen LogP contribution in [0.4, 0.5) is 11.5 Å². The number of nitriles is 1. The number of benzene rings is 1. The molecule has 164 valence electrons. The molecule has 0 radical (unpaired) electrons. The number of rotatable bonds is 7. The Labute approximate surface area is 186 Å². The van der Waals surface area contributed by atoms with Crippen LogP contribution in [0.3, 0.4) is 0 Å². The minimum Gasteiger partial charge on any atom is -0.309 e. The van der Waals surface area contributed by atoms with Crippen LogP contribution in [0.1, 0.15) is 39.1 Å². The first-order valence-corrected chi connectivity index (χ1v) is 9.75. The average molecular weight is 445 g/mol. The van der Waals surface area contributed by atoms with E-state index in [1.807, 2.05) is 6.07 Å². The third-order valence-electron chi connectivity index (χ3n) is 4.97. The minimum absolute atomic E-state index is 0.0309. The van der Waals surface area contributed by atoms with Crippen molar-refractivity contribution < 1.29 is 19.3 Å². The van der Waals surface area contributed by atoms with Gasteiger partial charge in [0.05, 0.1) is 16.7 Å². The van der Waals surface area contributed by atoms with Crippen LogP contribution in [0.15, 0.2) is 48.8 Å². The molecule has 12 heteroatoms. The van der Waals surface area contributed by atoms with Crippen LogP contribution < -0.4 is 5.32 Å². The summed E-state index contributed by atoms with van der Waals surface area (Å²) in [5.41, 5.74) is -0.564. The summed E-state index contributed by atoms with van der Waals surface area (Å²) in [4.78, 5) is 53.1. The second kappa shape index (κ2) is 8.67. The van der Waals surface area contributed by atoms with Crippen LogP contribution in [0.5, 0.6) is 0 Å². The van der Waals surface area contributed by atoms with Crippen LogP contribution in [0.25, 0.3) is 5.82 Å². The topological polar surface area (TPSA) is 164 Å². The third kappa shape index (κ3) is 3.90. The summed E-state index contributed by atoms with van der Waals surface area (Å²) in [5.74, 6) is -1.31. The number of fused-ring (bicyclic) bond motifs is 1. The number of anilines is 1. The molecule has 0 bridgehead atoms. The van der Waals surface area contributed by atoms with Gasteiger partial charge >= 0.3 is 0 Å². The van der Waals surface area contributed by atoms with Crippen LogP contribution in [0.2, 0.25) is 0 Å². The first-order valence-electron chi connectivity index (χ1n) is 9.75. The number of amides is 3. The van der Waals surface area contributed by atoms with Gasteiger partial charge < -0.3 is 5.32 Å². The molecular formula is C21H15N7O5. The Hall–Kier alpha value is -4.92. The van der Waals surface area contributed by atoms with Crippen molar-refractivity contribution in [1.29, 1.82) is 5.26 Å². The van der Waals surface area contributed by atoms with Gasteiger partial charge in [-0.15, -0.1) is 0 Å². The summed E-state index contributed by atoms with van der Waals surface area (Å²) in [6.07, 6.45) is 2.88. The van der Waals surface area contributed by atoms with Crippen molar-refractivity contribution >= 4 is 29.2 Å². The van der Waals surface area contributed by atoms with Crippen molar-refractivity contribution in [2.24, 2.45) is 0 Å². The van der Waals surface area contributed by atoms with E-state index >= 15 is 0 Å². The fourth-order valence-electron chi connectivity index (χ4n) is 3.47. The molecule has 3 aromatic rings. The molecule has 33 heavy (non-hydrogen) atoms. The SMILES string of the molecule is N#Cc1cnn(-c2ccccn2)c1NC(=O)CCCN1C(=O)c2cccc([N+](=O)[O-])c2C1=O. The van der Waals surface area contributed by atoms with Gasteiger partial charge in [-0.05, 0) is 24.6 Å². The van der Waals surface area contributed by atoms with Crippen LogP contribution in [-0.2, 0) is 4.79 Å². The summed E-state index contributed by atoms with van der Waals surface area (Å²) in [6.45, 7) is -0.0957. The smallest absolute Gasteiger partial charge is 0.282 e. The summed E-state index contributed by atoms with van der Waals surface area (Å²) in [7, 11) is 0. The molecule has 0 atom stereocenters. The highest BCUT2D eigenvalue weighted by molar-refractivity contribution is 6.23. The lowest BCUT2D eigenvalue weighted by atomic mass is 10.1. The van der Waals surface area contributed by atoms with E-state index in [0.717, 1.165) is 4.90 Å². The second-order valence-electron chi connectivity index (χ2n) is 6.99. The highest BCUT2D eigenvalue weighted by Crippen LogP contribution is 2.30. The minimum atomic E-state index is -0.761. The predicted molar refractivity (Wildman–Crippen MR) is 112 cm³/mol. The molecule has 4 rings (SSSR count). The van der Waals surface area contributed by atoms with Gasteiger partial charge in [-0.25, -0.2) is 4.98 Å². The van der Waals surface area contributed by atoms with E-state index < -0.39 is 28.3 Å². The van der Waals surface area contributed by atoms with Crippen molar-refractivity contribution in [3.05, 3.63) is 75.6 Å². The Bertz CT molecular complexity index is 1330. The fourth-order valence-corrected chi connectivity index (χ4v) is 3.47. The van der Waals surface area contributed by atoms with E-state index in [2.05, 4.69) is 15.4 Å². The number of nitrogens with zero attached hydrogens (tertiary/aromatic N) is 6. The standard InChI is InChI=1S/C21H15N7O5/c22-11-13-12-24-27(16-7-1-2-9-23-16)19(13)25-17(29)8-4-10-26-20(30)14-5-3-6-15(28(32)33)18(14)21(26)31/h1-3,5-7,9,12H,4,8,10H2,(H,25,29). The monoisotopic (exact) mass is 445 g/mol. The first-order chi connectivity index (χ1) is 15.9. The Kier molecular flexibility index (Phi) is 5.60. The number of imide groups is 1. The van der Waals surface area contributed by atoms with Gasteiger partial charge in [0.2, 0.25) is 5.91 Å². The molecule has 1 aliphatic rings. The summed E-state index contributed by atoms with van der Waals surface area (Å²) in [5, 5.41) is 27.2.